The summed E-state index contributed by atoms with van der Waals surface area (Å²) in [5, 5.41) is 18.9. The SMILES string of the molecule is O=C(O)C(=O)/C=C(\O)c1cc(Cc2c(F)cc(F)cc2F)cn(Cc2ccccc2F)c1=O. The van der Waals surface area contributed by atoms with Crippen LogP contribution in [0.4, 0.5) is 17.6 Å². The summed E-state index contributed by atoms with van der Waals surface area (Å²) in [5.41, 5.74) is -1.90. The molecule has 3 aromatic rings. The van der Waals surface area contributed by atoms with E-state index in [4.69, 9.17) is 5.11 Å². The van der Waals surface area contributed by atoms with Gasteiger partial charge in [0.25, 0.3) is 11.3 Å². The first-order valence-electron chi connectivity index (χ1n) is 9.35. The number of aliphatic carboxylic acids is 1. The molecule has 0 spiro atoms. The number of hydrogen-bond donors (Lipinski definition) is 2. The smallest absolute Gasteiger partial charge is 0.376 e. The molecule has 0 unspecified atom stereocenters. The van der Waals surface area contributed by atoms with Crippen LogP contribution in [0.1, 0.15) is 22.3 Å². The minimum Gasteiger partial charge on any atom is -0.507 e. The number of benzene rings is 2. The van der Waals surface area contributed by atoms with Gasteiger partial charge in [-0.1, -0.05) is 18.2 Å². The fraction of sp³-hybridized carbons (Fsp3) is 0.0870. The number of ketones is 1. The molecular weight excluding hydrogens is 446 g/mol. The quantitative estimate of drug-likeness (QED) is 0.243. The van der Waals surface area contributed by atoms with E-state index < -0.39 is 63.9 Å². The first-order chi connectivity index (χ1) is 15.6. The van der Waals surface area contributed by atoms with Gasteiger partial charge < -0.3 is 14.8 Å². The number of carboxylic acid groups (broad SMARTS) is 1. The van der Waals surface area contributed by atoms with Crippen LogP contribution in [0.3, 0.4) is 0 Å². The Balaban J connectivity index is 2.15. The zero-order chi connectivity index (χ0) is 24.3. The van der Waals surface area contributed by atoms with Gasteiger partial charge in [0.05, 0.1) is 12.1 Å². The van der Waals surface area contributed by atoms with Gasteiger partial charge in [0.2, 0.25) is 0 Å². The molecule has 0 radical (unpaired) electrons. The molecule has 10 heteroatoms. The van der Waals surface area contributed by atoms with Crippen LogP contribution in [0.2, 0.25) is 0 Å². The summed E-state index contributed by atoms with van der Waals surface area (Å²) in [6.45, 7) is -0.346. The minimum absolute atomic E-state index is 0.0353. The van der Waals surface area contributed by atoms with E-state index in [1.54, 1.807) is 0 Å². The fourth-order valence-corrected chi connectivity index (χ4v) is 3.11. The van der Waals surface area contributed by atoms with Crippen LogP contribution < -0.4 is 5.56 Å². The minimum atomic E-state index is -1.89. The summed E-state index contributed by atoms with van der Waals surface area (Å²) in [6.07, 6.45) is 0.963. The van der Waals surface area contributed by atoms with Gasteiger partial charge in [-0.2, -0.15) is 0 Å². The molecule has 0 fully saturated rings. The number of carbonyl (C=O) groups excluding carboxylic acids is 1. The molecule has 1 heterocycles. The Kier molecular flexibility index (Phi) is 6.76. The van der Waals surface area contributed by atoms with E-state index >= 15 is 0 Å². The van der Waals surface area contributed by atoms with Gasteiger partial charge in [-0.25, -0.2) is 22.4 Å². The Morgan fingerprint density at radius 3 is 2.18 bits per heavy atom. The Bertz CT molecular complexity index is 1320. The van der Waals surface area contributed by atoms with E-state index in [1.165, 1.54) is 18.2 Å². The maximum atomic E-state index is 14.1. The molecule has 0 aliphatic carbocycles. The lowest BCUT2D eigenvalue weighted by Crippen LogP contribution is -2.25. The largest absolute Gasteiger partial charge is 0.507 e. The molecule has 3 rings (SSSR count). The zero-order valence-corrected chi connectivity index (χ0v) is 16.7. The molecule has 0 amide bonds. The van der Waals surface area contributed by atoms with Crippen LogP contribution in [0, 0.1) is 23.3 Å². The Hall–Kier alpha value is -4.21. The average Bonchev–Trinajstić information content (AvgIpc) is 2.74. The highest BCUT2D eigenvalue weighted by Crippen LogP contribution is 2.20. The van der Waals surface area contributed by atoms with Crippen molar-refractivity contribution < 1.29 is 37.4 Å². The molecule has 0 aliphatic rings. The number of halogens is 4. The highest BCUT2D eigenvalue weighted by Gasteiger charge is 2.18. The molecule has 1 aromatic heterocycles. The van der Waals surface area contributed by atoms with Crippen molar-refractivity contribution in [3.05, 3.63) is 111 Å². The van der Waals surface area contributed by atoms with Crippen molar-refractivity contribution in [2.45, 2.75) is 13.0 Å². The molecule has 170 valence electrons. The van der Waals surface area contributed by atoms with E-state index in [1.807, 2.05) is 0 Å². The normalized spacial score (nSPS) is 11.5. The van der Waals surface area contributed by atoms with Crippen molar-refractivity contribution in [3.8, 4) is 0 Å². The lowest BCUT2D eigenvalue weighted by Gasteiger charge is -2.13. The molecule has 6 nitrogen and oxygen atoms in total. The third-order valence-electron chi connectivity index (χ3n) is 4.68. The zero-order valence-electron chi connectivity index (χ0n) is 16.7. The lowest BCUT2D eigenvalue weighted by atomic mass is 10.0. The van der Waals surface area contributed by atoms with Crippen LogP contribution in [0.15, 0.2) is 59.5 Å². The summed E-state index contributed by atoms with van der Waals surface area (Å²) in [4.78, 5) is 35.0. The Morgan fingerprint density at radius 1 is 0.939 bits per heavy atom. The van der Waals surface area contributed by atoms with Crippen LogP contribution >= 0.6 is 0 Å². The summed E-state index contributed by atoms with van der Waals surface area (Å²) in [7, 11) is 0. The van der Waals surface area contributed by atoms with Crippen molar-refractivity contribution in [2.24, 2.45) is 0 Å². The first-order valence-corrected chi connectivity index (χ1v) is 9.35. The number of aromatic nitrogens is 1. The van der Waals surface area contributed by atoms with E-state index in [-0.39, 0.29) is 17.7 Å². The van der Waals surface area contributed by atoms with Crippen molar-refractivity contribution in [3.63, 3.8) is 0 Å². The van der Waals surface area contributed by atoms with Crippen molar-refractivity contribution in [1.29, 1.82) is 0 Å². The van der Waals surface area contributed by atoms with Gasteiger partial charge in [0.1, 0.15) is 29.0 Å². The standard InChI is InChI=1S/C23H15F4NO5/c24-14-7-18(26)15(19(27)8-14)5-12-6-16(20(29)9-21(30)23(32)33)22(31)28(10-12)11-13-3-1-2-4-17(13)25/h1-4,6-10,29H,5,11H2,(H,32,33)/b20-9-. The Labute approximate surface area is 183 Å². The second kappa shape index (κ2) is 9.51. The van der Waals surface area contributed by atoms with E-state index in [0.717, 1.165) is 22.9 Å². The molecular formula is C23H15F4NO5. The second-order valence-electron chi connectivity index (χ2n) is 7.01. The number of hydrogen-bond acceptors (Lipinski definition) is 4. The molecule has 2 N–H and O–H groups in total. The third kappa shape index (κ3) is 5.35. The first kappa shape index (κ1) is 23.5. The summed E-state index contributed by atoms with van der Waals surface area (Å²) in [6, 6.07) is 7.42. The number of carbonyl (C=O) groups is 2. The van der Waals surface area contributed by atoms with Crippen LogP contribution in [-0.2, 0) is 22.6 Å². The maximum absolute atomic E-state index is 14.1. The van der Waals surface area contributed by atoms with Crippen molar-refractivity contribution in [2.75, 3.05) is 0 Å². The van der Waals surface area contributed by atoms with Gasteiger partial charge >= 0.3 is 5.97 Å². The number of aliphatic hydroxyl groups excluding tert-OH is 1. The van der Waals surface area contributed by atoms with E-state index in [2.05, 4.69) is 0 Å². The van der Waals surface area contributed by atoms with Crippen LogP contribution in [0.25, 0.3) is 5.76 Å². The molecule has 0 saturated heterocycles. The summed E-state index contributed by atoms with van der Waals surface area (Å²) < 4.78 is 56.5. The topological polar surface area (TPSA) is 96.6 Å². The monoisotopic (exact) mass is 461 g/mol. The predicted octanol–water partition coefficient (Wildman–Crippen LogP) is 3.60. The average molecular weight is 461 g/mol. The van der Waals surface area contributed by atoms with E-state index in [0.29, 0.717) is 18.2 Å². The summed E-state index contributed by atoms with van der Waals surface area (Å²) >= 11 is 0. The Morgan fingerprint density at radius 2 is 1.58 bits per heavy atom. The molecule has 0 bridgehead atoms. The highest BCUT2D eigenvalue weighted by molar-refractivity contribution is 6.38. The maximum Gasteiger partial charge on any atom is 0.376 e. The van der Waals surface area contributed by atoms with Crippen molar-refractivity contribution in [1.82, 2.24) is 4.57 Å². The molecule has 0 aliphatic heterocycles. The fourth-order valence-electron chi connectivity index (χ4n) is 3.11. The molecule has 2 aromatic carbocycles. The van der Waals surface area contributed by atoms with Gasteiger partial charge in [0.15, 0.2) is 0 Å². The third-order valence-corrected chi connectivity index (χ3v) is 4.68. The predicted molar refractivity (Wildman–Crippen MR) is 109 cm³/mol. The van der Waals surface area contributed by atoms with Crippen molar-refractivity contribution >= 4 is 17.5 Å². The van der Waals surface area contributed by atoms with Gasteiger partial charge in [-0.15, -0.1) is 0 Å². The highest BCUT2D eigenvalue weighted by atomic mass is 19.1. The van der Waals surface area contributed by atoms with Gasteiger partial charge in [-0.3, -0.25) is 9.59 Å². The number of nitrogens with zero attached hydrogens (tertiary/aromatic N) is 1. The molecule has 33 heavy (non-hydrogen) atoms. The number of carboxylic acids is 1. The van der Waals surface area contributed by atoms with E-state index in [9.17, 15) is 37.1 Å². The number of rotatable bonds is 7. The number of pyridine rings is 1. The molecule has 0 saturated carbocycles. The second-order valence-corrected chi connectivity index (χ2v) is 7.01. The van der Waals surface area contributed by atoms with Gasteiger partial charge in [0, 0.05) is 42.0 Å². The molecule has 0 atom stereocenters. The lowest BCUT2D eigenvalue weighted by molar-refractivity contribution is -0.146. The van der Waals surface area contributed by atoms with Crippen LogP contribution in [-0.4, -0.2) is 26.5 Å². The van der Waals surface area contributed by atoms with Crippen LogP contribution in [0.5, 0.6) is 0 Å². The summed E-state index contributed by atoms with van der Waals surface area (Å²) in [5.74, 6) is -8.58. The number of aliphatic hydroxyl groups is 1. The van der Waals surface area contributed by atoms with Gasteiger partial charge in [-0.05, 0) is 17.7 Å².